The second kappa shape index (κ2) is 5.44. The highest BCUT2D eigenvalue weighted by atomic mass is 16.5. The van der Waals surface area contributed by atoms with Crippen molar-refractivity contribution in [3.63, 3.8) is 0 Å². The number of methoxy groups -OCH3 is 1. The van der Waals surface area contributed by atoms with Crippen molar-refractivity contribution >= 4 is 5.91 Å². The van der Waals surface area contributed by atoms with E-state index in [1.54, 1.807) is 7.11 Å². The minimum Gasteiger partial charge on any atom is -0.496 e. The molecule has 2 fully saturated rings. The fourth-order valence-electron chi connectivity index (χ4n) is 3.46. The summed E-state index contributed by atoms with van der Waals surface area (Å²) < 4.78 is 5.36. The lowest BCUT2D eigenvalue weighted by Crippen LogP contribution is -2.48. The van der Waals surface area contributed by atoms with Crippen molar-refractivity contribution in [1.82, 2.24) is 10.2 Å². The van der Waals surface area contributed by atoms with Crippen molar-refractivity contribution < 1.29 is 9.53 Å². The van der Waals surface area contributed by atoms with E-state index in [-0.39, 0.29) is 5.91 Å². The molecule has 2 atom stereocenters. The highest BCUT2D eigenvalue weighted by Gasteiger charge is 2.38. The van der Waals surface area contributed by atoms with Gasteiger partial charge in [0.25, 0.3) is 5.91 Å². The molecule has 2 saturated heterocycles. The van der Waals surface area contributed by atoms with Crippen LogP contribution in [0, 0.1) is 12.8 Å². The third kappa shape index (κ3) is 2.29. The fourth-order valence-corrected chi connectivity index (χ4v) is 3.46. The zero-order chi connectivity index (χ0) is 14.1. The molecule has 1 amide bonds. The van der Waals surface area contributed by atoms with Crippen LogP contribution < -0.4 is 10.1 Å². The second-order valence-corrected chi connectivity index (χ2v) is 5.83. The molecule has 20 heavy (non-hydrogen) atoms. The Hall–Kier alpha value is -1.55. The number of rotatable bonds is 2. The zero-order valence-electron chi connectivity index (χ0n) is 12.2. The van der Waals surface area contributed by atoms with E-state index >= 15 is 0 Å². The van der Waals surface area contributed by atoms with Crippen molar-refractivity contribution in [2.24, 2.45) is 5.92 Å². The molecule has 108 valence electrons. The van der Waals surface area contributed by atoms with Gasteiger partial charge in [0, 0.05) is 25.7 Å². The Morgan fingerprint density at radius 1 is 1.40 bits per heavy atom. The fraction of sp³-hybridized carbons (Fsp3) is 0.562. The lowest BCUT2D eigenvalue weighted by Gasteiger charge is -2.37. The number of carbonyl (C=O) groups excluding carboxylic acids is 1. The predicted molar refractivity (Wildman–Crippen MR) is 78.1 cm³/mol. The summed E-state index contributed by atoms with van der Waals surface area (Å²) in [5.41, 5.74) is 1.78. The topological polar surface area (TPSA) is 41.6 Å². The van der Waals surface area contributed by atoms with Crippen molar-refractivity contribution in [2.75, 3.05) is 26.7 Å². The maximum atomic E-state index is 12.9. The van der Waals surface area contributed by atoms with Crippen LogP contribution in [0.4, 0.5) is 0 Å². The third-order valence-corrected chi connectivity index (χ3v) is 4.52. The molecule has 3 rings (SSSR count). The first kappa shape index (κ1) is 13.4. The second-order valence-electron chi connectivity index (χ2n) is 5.83. The molecule has 0 radical (unpaired) electrons. The molecule has 0 aromatic heterocycles. The molecular formula is C16H22N2O2. The Labute approximate surface area is 120 Å². The Kier molecular flexibility index (Phi) is 3.66. The smallest absolute Gasteiger partial charge is 0.257 e. The molecule has 2 unspecified atom stereocenters. The zero-order valence-corrected chi connectivity index (χ0v) is 12.2. The van der Waals surface area contributed by atoms with E-state index in [0.717, 1.165) is 31.6 Å². The normalized spacial score (nSPS) is 25.4. The van der Waals surface area contributed by atoms with Crippen LogP contribution in [0.2, 0.25) is 0 Å². The lowest BCUT2D eigenvalue weighted by molar-refractivity contribution is 0.0571. The maximum absolute atomic E-state index is 12.9. The molecule has 2 heterocycles. The summed E-state index contributed by atoms with van der Waals surface area (Å²) >= 11 is 0. The molecule has 4 nitrogen and oxygen atoms in total. The van der Waals surface area contributed by atoms with Gasteiger partial charge in [0.05, 0.1) is 12.7 Å². The first-order valence-electron chi connectivity index (χ1n) is 7.37. The average Bonchev–Trinajstić information content (AvgIpc) is 2.94. The number of hydrogen-bond acceptors (Lipinski definition) is 3. The molecule has 0 saturated carbocycles. The van der Waals surface area contributed by atoms with E-state index in [4.69, 9.17) is 4.74 Å². The number of nitrogens with one attached hydrogen (secondary N) is 1. The van der Waals surface area contributed by atoms with Crippen molar-refractivity contribution in [2.45, 2.75) is 25.8 Å². The van der Waals surface area contributed by atoms with E-state index in [1.807, 2.05) is 30.0 Å². The van der Waals surface area contributed by atoms with Gasteiger partial charge in [-0.1, -0.05) is 11.6 Å². The van der Waals surface area contributed by atoms with Gasteiger partial charge < -0.3 is 15.0 Å². The van der Waals surface area contributed by atoms with Crippen LogP contribution >= 0.6 is 0 Å². The Balaban J connectivity index is 1.90. The Bertz CT molecular complexity index is 515. The van der Waals surface area contributed by atoms with Crippen LogP contribution in [0.15, 0.2) is 18.2 Å². The number of benzene rings is 1. The maximum Gasteiger partial charge on any atom is 0.257 e. The van der Waals surface area contributed by atoms with Crippen LogP contribution in [-0.4, -0.2) is 43.6 Å². The van der Waals surface area contributed by atoms with E-state index in [0.29, 0.717) is 23.3 Å². The van der Waals surface area contributed by atoms with Gasteiger partial charge in [0.2, 0.25) is 0 Å². The van der Waals surface area contributed by atoms with E-state index < -0.39 is 0 Å². The molecular weight excluding hydrogens is 252 g/mol. The highest BCUT2D eigenvalue weighted by molar-refractivity contribution is 5.97. The van der Waals surface area contributed by atoms with Crippen LogP contribution in [-0.2, 0) is 0 Å². The van der Waals surface area contributed by atoms with Crippen molar-refractivity contribution in [3.05, 3.63) is 29.3 Å². The molecule has 1 aromatic carbocycles. The predicted octanol–water partition coefficient (Wildman–Crippen LogP) is 1.83. The summed E-state index contributed by atoms with van der Waals surface area (Å²) in [5, 5.41) is 3.42. The molecule has 4 heteroatoms. The van der Waals surface area contributed by atoms with Gasteiger partial charge in [-0.2, -0.15) is 0 Å². The summed E-state index contributed by atoms with van der Waals surface area (Å²) in [7, 11) is 1.62. The highest BCUT2D eigenvalue weighted by Crippen LogP contribution is 2.30. The Morgan fingerprint density at radius 3 is 3.05 bits per heavy atom. The summed E-state index contributed by atoms with van der Waals surface area (Å²) in [6.07, 6.45) is 2.33. The standard InChI is InChI=1S/C16H22N2O2/c1-11-5-6-15(20-2)13(8-11)16(19)18-7-3-4-12-9-17-10-14(12)18/h5-6,8,12,14,17H,3-4,7,9-10H2,1-2H3. The van der Waals surface area contributed by atoms with E-state index in [2.05, 4.69) is 5.32 Å². The van der Waals surface area contributed by atoms with Crippen molar-refractivity contribution in [3.8, 4) is 5.75 Å². The van der Waals surface area contributed by atoms with Crippen LogP contribution in [0.3, 0.4) is 0 Å². The van der Waals surface area contributed by atoms with Gasteiger partial charge in [-0.25, -0.2) is 0 Å². The van der Waals surface area contributed by atoms with Gasteiger partial charge in [0.15, 0.2) is 0 Å². The van der Waals surface area contributed by atoms with Crippen LogP contribution in [0.5, 0.6) is 5.75 Å². The van der Waals surface area contributed by atoms with E-state index in [1.165, 1.54) is 6.42 Å². The molecule has 1 N–H and O–H groups in total. The summed E-state index contributed by atoms with van der Waals surface area (Å²) in [6, 6.07) is 6.15. The third-order valence-electron chi connectivity index (χ3n) is 4.52. The number of fused-ring (bicyclic) bond motifs is 1. The first-order valence-corrected chi connectivity index (χ1v) is 7.37. The van der Waals surface area contributed by atoms with Gasteiger partial charge in [-0.3, -0.25) is 4.79 Å². The number of hydrogen-bond donors (Lipinski definition) is 1. The minimum absolute atomic E-state index is 0.115. The Morgan fingerprint density at radius 2 is 2.25 bits per heavy atom. The van der Waals surface area contributed by atoms with Crippen LogP contribution in [0.1, 0.15) is 28.8 Å². The SMILES string of the molecule is COc1ccc(C)cc1C(=O)N1CCCC2CNCC21. The lowest BCUT2D eigenvalue weighted by atomic mass is 9.91. The number of carbonyl (C=O) groups is 1. The molecule has 2 aliphatic rings. The number of likely N-dealkylation sites (tertiary alicyclic amines) is 1. The van der Waals surface area contributed by atoms with Gasteiger partial charge in [-0.15, -0.1) is 0 Å². The number of nitrogens with zero attached hydrogens (tertiary/aromatic N) is 1. The van der Waals surface area contributed by atoms with Gasteiger partial charge in [-0.05, 0) is 37.8 Å². The van der Waals surface area contributed by atoms with Gasteiger partial charge >= 0.3 is 0 Å². The van der Waals surface area contributed by atoms with Crippen molar-refractivity contribution in [1.29, 1.82) is 0 Å². The monoisotopic (exact) mass is 274 g/mol. The number of amides is 1. The molecule has 1 aromatic rings. The first-order chi connectivity index (χ1) is 9.70. The van der Waals surface area contributed by atoms with Gasteiger partial charge in [0.1, 0.15) is 5.75 Å². The largest absolute Gasteiger partial charge is 0.496 e. The van der Waals surface area contributed by atoms with E-state index in [9.17, 15) is 4.79 Å². The molecule has 0 bridgehead atoms. The number of ether oxygens (including phenoxy) is 1. The summed E-state index contributed by atoms with van der Waals surface area (Å²) in [5.74, 6) is 1.40. The molecule has 0 spiro atoms. The molecule has 0 aliphatic carbocycles. The molecule has 2 aliphatic heterocycles. The summed E-state index contributed by atoms with van der Waals surface area (Å²) in [6.45, 7) is 4.83. The average molecular weight is 274 g/mol. The van der Waals surface area contributed by atoms with Crippen LogP contribution in [0.25, 0.3) is 0 Å². The quantitative estimate of drug-likeness (QED) is 0.894. The number of piperidine rings is 1. The number of aryl methyl sites for hydroxylation is 1. The minimum atomic E-state index is 0.115. The summed E-state index contributed by atoms with van der Waals surface area (Å²) in [4.78, 5) is 14.9.